The van der Waals surface area contributed by atoms with E-state index in [0.29, 0.717) is 12.3 Å². The van der Waals surface area contributed by atoms with Gasteiger partial charge in [-0.25, -0.2) is 0 Å². The van der Waals surface area contributed by atoms with E-state index in [1.807, 2.05) is 0 Å². The van der Waals surface area contributed by atoms with E-state index in [1.165, 1.54) is 11.1 Å². The second kappa shape index (κ2) is 4.41. The van der Waals surface area contributed by atoms with Crippen LogP contribution in [-0.4, -0.2) is 22.8 Å². The lowest BCUT2D eigenvalue weighted by atomic mass is 9.75. The van der Waals surface area contributed by atoms with Crippen LogP contribution in [0.4, 0.5) is 0 Å². The Bertz CT molecular complexity index is 404. The first-order valence-electron chi connectivity index (χ1n) is 6.35. The number of benzene rings is 1. The zero-order valence-corrected chi connectivity index (χ0v) is 9.75. The molecule has 3 rings (SSSR count). The van der Waals surface area contributed by atoms with Crippen LogP contribution >= 0.6 is 0 Å². The summed E-state index contributed by atoms with van der Waals surface area (Å²) < 4.78 is 5.05. The van der Waals surface area contributed by atoms with Crippen LogP contribution in [0.1, 0.15) is 36.3 Å². The summed E-state index contributed by atoms with van der Waals surface area (Å²) in [7, 11) is 0. The van der Waals surface area contributed by atoms with Crippen LogP contribution in [0, 0.1) is 5.92 Å². The van der Waals surface area contributed by atoms with Gasteiger partial charge >= 0.3 is 0 Å². The molecule has 17 heavy (non-hydrogen) atoms. The molecule has 0 spiro atoms. The summed E-state index contributed by atoms with van der Waals surface area (Å²) >= 11 is 0. The molecule has 2 aliphatic rings. The zero-order chi connectivity index (χ0) is 11.8. The molecule has 1 aliphatic heterocycles. The van der Waals surface area contributed by atoms with Gasteiger partial charge in [-0.15, -0.1) is 0 Å². The van der Waals surface area contributed by atoms with Gasteiger partial charge < -0.3 is 14.9 Å². The molecule has 0 bridgehead atoms. The Hall–Kier alpha value is -0.900. The lowest BCUT2D eigenvalue weighted by Gasteiger charge is -2.30. The van der Waals surface area contributed by atoms with Crippen LogP contribution in [0.2, 0.25) is 0 Å². The predicted molar refractivity (Wildman–Crippen MR) is 63.3 cm³/mol. The standard InChI is InChI=1S/C14H18O3/c15-13-8-12(14(16)17-13)11-7-3-5-9-4-1-2-6-10(9)11/h1-2,4,6,11-16H,3,5,7-8H2. The highest BCUT2D eigenvalue weighted by Gasteiger charge is 2.40. The first-order valence-corrected chi connectivity index (χ1v) is 6.35. The largest absolute Gasteiger partial charge is 0.368 e. The van der Waals surface area contributed by atoms with Gasteiger partial charge in [0.2, 0.25) is 0 Å². The monoisotopic (exact) mass is 234 g/mol. The summed E-state index contributed by atoms with van der Waals surface area (Å²) in [4.78, 5) is 0. The lowest BCUT2D eigenvalue weighted by molar-refractivity contribution is -0.169. The molecule has 0 saturated carbocycles. The van der Waals surface area contributed by atoms with Gasteiger partial charge in [0.1, 0.15) is 0 Å². The van der Waals surface area contributed by atoms with Crippen molar-refractivity contribution in [2.24, 2.45) is 5.92 Å². The minimum absolute atomic E-state index is 0.0337. The number of aryl methyl sites for hydroxylation is 1. The smallest absolute Gasteiger partial charge is 0.161 e. The normalized spacial score (nSPS) is 36.8. The van der Waals surface area contributed by atoms with Crippen molar-refractivity contribution >= 4 is 0 Å². The Labute approximate surface area is 101 Å². The number of fused-ring (bicyclic) bond motifs is 1. The van der Waals surface area contributed by atoms with E-state index in [4.69, 9.17) is 4.74 Å². The third-order valence-electron chi connectivity index (χ3n) is 4.07. The number of hydrogen-bond donors (Lipinski definition) is 2. The van der Waals surface area contributed by atoms with Crippen molar-refractivity contribution in [1.29, 1.82) is 0 Å². The summed E-state index contributed by atoms with van der Waals surface area (Å²) in [5.41, 5.74) is 2.72. The Morgan fingerprint density at radius 3 is 2.76 bits per heavy atom. The molecule has 1 aromatic rings. The van der Waals surface area contributed by atoms with Crippen molar-refractivity contribution in [3.8, 4) is 0 Å². The van der Waals surface area contributed by atoms with Gasteiger partial charge in [-0.2, -0.15) is 0 Å². The maximum atomic E-state index is 9.85. The minimum Gasteiger partial charge on any atom is -0.368 e. The average molecular weight is 234 g/mol. The number of ether oxygens (including phenoxy) is 1. The number of rotatable bonds is 1. The van der Waals surface area contributed by atoms with Crippen LogP contribution in [0.15, 0.2) is 24.3 Å². The van der Waals surface area contributed by atoms with E-state index >= 15 is 0 Å². The van der Waals surface area contributed by atoms with E-state index in [1.54, 1.807) is 0 Å². The van der Waals surface area contributed by atoms with E-state index in [-0.39, 0.29) is 5.92 Å². The fourth-order valence-corrected chi connectivity index (χ4v) is 3.27. The maximum Gasteiger partial charge on any atom is 0.161 e. The van der Waals surface area contributed by atoms with Crippen LogP contribution < -0.4 is 0 Å². The van der Waals surface area contributed by atoms with E-state index in [9.17, 15) is 10.2 Å². The van der Waals surface area contributed by atoms with Crippen LogP contribution in [0.5, 0.6) is 0 Å². The van der Waals surface area contributed by atoms with Crippen molar-refractivity contribution in [2.45, 2.75) is 44.2 Å². The fraction of sp³-hybridized carbons (Fsp3) is 0.571. The molecule has 3 heteroatoms. The van der Waals surface area contributed by atoms with Gasteiger partial charge in [0.25, 0.3) is 0 Å². The summed E-state index contributed by atoms with van der Waals surface area (Å²) in [5, 5.41) is 19.3. The van der Waals surface area contributed by atoms with Crippen LogP contribution in [-0.2, 0) is 11.2 Å². The van der Waals surface area contributed by atoms with Crippen molar-refractivity contribution in [3.05, 3.63) is 35.4 Å². The number of aliphatic hydroxyl groups is 2. The molecule has 1 fully saturated rings. The highest BCUT2D eigenvalue weighted by Crippen LogP contribution is 2.43. The van der Waals surface area contributed by atoms with E-state index in [0.717, 1.165) is 19.3 Å². The summed E-state index contributed by atoms with van der Waals surface area (Å²) in [6.07, 6.45) is 2.28. The zero-order valence-electron chi connectivity index (χ0n) is 9.75. The van der Waals surface area contributed by atoms with Gasteiger partial charge in [0.15, 0.2) is 12.6 Å². The maximum absolute atomic E-state index is 9.85. The molecular weight excluding hydrogens is 216 g/mol. The Kier molecular flexibility index (Phi) is 2.90. The van der Waals surface area contributed by atoms with Crippen LogP contribution in [0.3, 0.4) is 0 Å². The average Bonchev–Trinajstić information content (AvgIpc) is 2.68. The highest BCUT2D eigenvalue weighted by molar-refractivity contribution is 5.33. The lowest BCUT2D eigenvalue weighted by Crippen LogP contribution is -2.25. The summed E-state index contributed by atoms with van der Waals surface area (Å²) in [5.74, 6) is 0.360. The third-order valence-corrected chi connectivity index (χ3v) is 4.07. The molecule has 1 saturated heterocycles. The molecule has 4 atom stereocenters. The molecule has 0 radical (unpaired) electrons. The Morgan fingerprint density at radius 2 is 2.00 bits per heavy atom. The highest BCUT2D eigenvalue weighted by atomic mass is 16.7. The Balaban J connectivity index is 1.90. The van der Waals surface area contributed by atoms with Crippen molar-refractivity contribution in [1.82, 2.24) is 0 Å². The van der Waals surface area contributed by atoms with Gasteiger partial charge in [-0.05, 0) is 36.3 Å². The molecule has 1 heterocycles. The first-order chi connectivity index (χ1) is 8.25. The summed E-state index contributed by atoms with van der Waals surface area (Å²) in [6, 6.07) is 8.43. The van der Waals surface area contributed by atoms with Crippen LogP contribution in [0.25, 0.3) is 0 Å². The third kappa shape index (κ3) is 1.99. The van der Waals surface area contributed by atoms with Gasteiger partial charge in [0.05, 0.1) is 0 Å². The van der Waals surface area contributed by atoms with E-state index < -0.39 is 12.6 Å². The Morgan fingerprint density at radius 1 is 1.18 bits per heavy atom. The van der Waals surface area contributed by atoms with Gasteiger partial charge in [-0.1, -0.05) is 24.3 Å². The number of hydrogen-bond acceptors (Lipinski definition) is 3. The molecule has 0 amide bonds. The number of aliphatic hydroxyl groups excluding tert-OH is 2. The molecule has 2 N–H and O–H groups in total. The predicted octanol–water partition coefficient (Wildman–Crippen LogP) is 1.78. The topological polar surface area (TPSA) is 49.7 Å². The second-order valence-corrected chi connectivity index (χ2v) is 5.08. The van der Waals surface area contributed by atoms with Gasteiger partial charge in [-0.3, -0.25) is 0 Å². The molecular formula is C14H18O3. The van der Waals surface area contributed by atoms with Crippen molar-refractivity contribution < 1.29 is 14.9 Å². The SMILES string of the molecule is OC1CC(C2CCCc3ccccc32)C(O)O1. The van der Waals surface area contributed by atoms with E-state index in [2.05, 4.69) is 24.3 Å². The molecule has 0 aromatic heterocycles. The van der Waals surface area contributed by atoms with Gasteiger partial charge in [0, 0.05) is 12.3 Å². The molecule has 1 aromatic carbocycles. The quantitative estimate of drug-likeness (QED) is 0.778. The molecule has 4 unspecified atom stereocenters. The molecule has 3 nitrogen and oxygen atoms in total. The molecule has 1 aliphatic carbocycles. The van der Waals surface area contributed by atoms with Crippen molar-refractivity contribution in [3.63, 3.8) is 0 Å². The van der Waals surface area contributed by atoms with Crippen molar-refractivity contribution in [2.75, 3.05) is 0 Å². The summed E-state index contributed by atoms with van der Waals surface area (Å²) in [6.45, 7) is 0. The second-order valence-electron chi connectivity index (χ2n) is 5.08. The molecule has 92 valence electrons. The minimum atomic E-state index is -0.818. The fourth-order valence-electron chi connectivity index (χ4n) is 3.27. The first kappa shape index (κ1) is 11.2.